The van der Waals surface area contributed by atoms with Crippen molar-refractivity contribution in [2.24, 2.45) is 7.05 Å². The van der Waals surface area contributed by atoms with Crippen LogP contribution in [0.2, 0.25) is 5.02 Å². The second kappa shape index (κ2) is 7.25. The van der Waals surface area contributed by atoms with E-state index in [1.54, 1.807) is 23.5 Å². The van der Waals surface area contributed by atoms with Crippen molar-refractivity contribution < 1.29 is 4.39 Å². The molecule has 0 fully saturated rings. The first kappa shape index (κ1) is 17.5. The van der Waals surface area contributed by atoms with Crippen LogP contribution < -0.4 is 0 Å². The molecule has 0 bridgehead atoms. The minimum atomic E-state index is -0.292. The Balaban J connectivity index is 1.85. The van der Waals surface area contributed by atoms with Crippen LogP contribution in [0.5, 0.6) is 0 Å². The maximum absolute atomic E-state index is 13.9. The third-order valence-electron chi connectivity index (χ3n) is 3.94. The Morgan fingerprint density at radius 2 is 2.08 bits per heavy atom. The lowest BCUT2D eigenvalue weighted by Crippen LogP contribution is -1.97. The zero-order valence-corrected chi connectivity index (χ0v) is 16.0. The first-order valence-electron chi connectivity index (χ1n) is 7.55. The van der Waals surface area contributed by atoms with E-state index in [0.29, 0.717) is 16.3 Å². The topological polar surface area (TPSA) is 30.7 Å². The van der Waals surface area contributed by atoms with Gasteiger partial charge in [0.25, 0.3) is 0 Å². The van der Waals surface area contributed by atoms with Crippen molar-refractivity contribution in [3.63, 3.8) is 0 Å². The Labute approximate surface area is 153 Å². The van der Waals surface area contributed by atoms with Gasteiger partial charge in [0.1, 0.15) is 5.82 Å². The summed E-state index contributed by atoms with van der Waals surface area (Å²) in [6.45, 7) is 4.27. The summed E-state index contributed by atoms with van der Waals surface area (Å²) in [5.74, 6) is 0.971. The molecule has 3 aromatic rings. The predicted octanol–water partition coefficient (Wildman–Crippen LogP) is 5.50. The smallest absolute Gasteiger partial charge is 0.191 e. The summed E-state index contributed by atoms with van der Waals surface area (Å²) in [5.41, 5.74) is 2.93. The number of aryl methyl sites for hydroxylation is 1. The van der Waals surface area contributed by atoms with Crippen molar-refractivity contribution in [1.29, 1.82) is 0 Å². The van der Waals surface area contributed by atoms with Crippen molar-refractivity contribution in [3.8, 4) is 11.4 Å². The summed E-state index contributed by atoms with van der Waals surface area (Å²) < 4.78 is 15.8. The molecule has 0 unspecified atom stereocenters. The lowest BCUT2D eigenvalue weighted by Gasteiger charge is -2.07. The van der Waals surface area contributed by atoms with Gasteiger partial charge in [-0.1, -0.05) is 36.4 Å². The predicted molar refractivity (Wildman–Crippen MR) is 99.4 cm³/mol. The number of thioether (sulfide) groups is 1. The van der Waals surface area contributed by atoms with Crippen LogP contribution in [-0.4, -0.2) is 14.8 Å². The van der Waals surface area contributed by atoms with E-state index in [4.69, 9.17) is 11.6 Å². The van der Waals surface area contributed by atoms with Gasteiger partial charge in [-0.15, -0.1) is 21.5 Å². The van der Waals surface area contributed by atoms with Crippen LogP contribution in [-0.2, 0) is 19.2 Å². The fourth-order valence-electron chi connectivity index (χ4n) is 2.59. The molecule has 2 aromatic heterocycles. The van der Waals surface area contributed by atoms with E-state index in [1.165, 1.54) is 28.3 Å². The van der Waals surface area contributed by atoms with Crippen molar-refractivity contribution in [1.82, 2.24) is 14.8 Å². The number of thiophene rings is 1. The molecule has 3 nitrogen and oxygen atoms in total. The molecule has 0 amide bonds. The van der Waals surface area contributed by atoms with E-state index in [1.807, 2.05) is 11.6 Å². The maximum Gasteiger partial charge on any atom is 0.191 e. The van der Waals surface area contributed by atoms with E-state index in [0.717, 1.165) is 23.0 Å². The van der Waals surface area contributed by atoms with Gasteiger partial charge >= 0.3 is 0 Å². The number of hydrogen-bond donors (Lipinski definition) is 0. The van der Waals surface area contributed by atoms with E-state index in [-0.39, 0.29) is 5.82 Å². The second-order valence-electron chi connectivity index (χ2n) is 5.39. The molecule has 0 aliphatic rings. The molecule has 0 atom stereocenters. The Morgan fingerprint density at radius 3 is 2.79 bits per heavy atom. The van der Waals surface area contributed by atoms with Gasteiger partial charge in [-0.3, -0.25) is 0 Å². The molecule has 0 aliphatic heterocycles. The molecule has 0 N–H and O–H groups in total. The summed E-state index contributed by atoms with van der Waals surface area (Å²) in [6.07, 6.45) is 0.963. The highest BCUT2D eigenvalue weighted by Gasteiger charge is 2.17. The van der Waals surface area contributed by atoms with Crippen LogP contribution in [0, 0.1) is 12.7 Å². The van der Waals surface area contributed by atoms with Gasteiger partial charge in [-0.05, 0) is 31.0 Å². The molecule has 0 saturated carbocycles. The van der Waals surface area contributed by atoms with Gasteiger partial charge in [0, 0.05) is 39.2 Å². The summed E-state index contributed by atoms with van der Waals surface area (Å²) in [4.78, 5) is 1.31. The first-order chi connectivity index (χ1) is 11.5. The number of aromatic nitrogens is 3. The van der Waals surface area contributed by atoms with Crippen LogP contribution in [0.25, 0.3) is 11.4 Å². The third-order valence-corrected chi connectivity index (χ3v) is 6.29. The molecule has 0 spiro atoms. The van der Waals surface area contributed by atoms with Crippen LogP contribution in [0.4, 0.5) is 4.39 Å². The lowest BCUT2D eigenvalue weighted by molar-refractivity contribution is 0.617. The van der Waals surface area contributed by atoms with Gasteiger partial charge < -0.3 is 4.57 Å². The summed E-state index contributed by atoms with van der Waals surface area (Å²) >= 11 is 9.24. The van der Waals surface area contributed by atoms with Crippen molar-refractivity contribution in [2.45, 2.75) is 31.2 Å². The molecule has 1 aromatic carbocycles. The standard InChI is InChI=1S/C17H17ClFN3S2/c1-4-11-10(2)23-8-12(11)16-20-21-17(22(16)3)24-9-13-14(18)6-5-7-15(13)19/h5-8H,4,9H2,1-3H3. The zero-order valence-electron chi connectivity index (χ0n) is 13.6. The minimum absolute atomic E-state index is 0.292. The monoisotopic (exact) mass is 381 g/mol. The van der Waals surface area contributed by atoms with E-state index >= 15 is 0 Å². The number of benzene rings is 1. The molecule has 0 radical (unpaired) electrons. The van der Waals surface area contributed by atoms with Crippen LogP contribution in [0.1, 0.15) is 22.9 Å². The van der Waals surface area contributed by atoms with Crippen LogP contribution in [0.15, 0.2) is 28.7 Å². The normalized spacial score (nSPS) is 11.2. The highest BCUT2D eigenvalue weighted by atomic mass is 35.5. The maximum atomic E-state index is 13.9. The van der Waals surface area contributed by atoms with Gasteiger partial charge in [-0.2, -0.15) is 0 Å². The van der Waals surface area contributed by atoms with Crippen LogP contribution >= 0.6 is 34.7 Å². The van der Waals surface area contributed by atoms with Crippen molar-refractivity contribution in [3.05, 3.63) is 50.4 Å². The van der Waals surface area contributed by atoms with E-state index in [2.05, 4.69) is 29.4 Å². The highest BCUT2D eigenvalue weighted by molar-refractivity contribution is 7.98. The summed E-state index contributed by atoms with van der Waals surface area (Å²) in [7, 11) is 1.94. The molecule has 0 aliphatic carbocycles. The van der Waals surface area contributed by atoms with E-state index < -0.39 is 0 Å². The first-order valence-corrected chi connectivity index (χ1v) is 9.79. The number of nitrogens with zero attached hydrogens (tertiary/aromatic N) is 3. The van der Waals surface area contributed by atoms with Crippen LogP contribution in [0.3, 0.4) is 0 Å². The Morgan fingerprint density at radius 1 is 1.29 bits per heavy atom. The molecular weight excluding hydrogens is 365 g/mol. The molecule has 24 heavy (non-hydrogen) atoms. The largest absolute Gasteiger partial charge is 0.305 e. The summed E-state index contributed by atoms with van der Waals surface area (Å²) in [6, 6.07) is 4.73. The number of halogens is 2. The molecule has 3 rings (SSSR count). The second-order valence-corrected chi connectivity index (χ2v) is 7.83. The fraction of sp³-hybridized carbons (Fsp3) is 0.294. The van der Waals surface area contributed by atoms with Gasteiger partial charge in [0.05, 0.1) is 0 Å². The zero-order chi connectivity index (χ0) is 17.3. The highest BCUT2D eigenvalue weighted by Crippen LogP contribution is 2.33. The Bertz CT molecular complexity index is 853. The SMILES string of the molecule is CCc1c(-c2nnc(SCc3c(F)cccc3Cl)n2C)csc1C. The number of rotatable bonds is 5. The molecule has 2 heterocycles. The molecular formula is C17H17ClFN3S2. The average Bonchev–Trinajstić information content (AvgIpc) is 3.09. The molecule has 126 valence electrons. The quantitative estimate of drug-likeness (QED) is 0.547. The Kier molecular flexibility index (Phi) is 5.27. The van der Waals surface area contributed by atoms with Gasteiger partial charge in [-0.25, -0.2) is 4.39 Å². The molecule has 7 heteroatoms. The molecule has 0 saturated heterocycles. The average molecular weight is 382 g/mol. The minimum Gasteiger partial charge on any atom is -0.305 e. The van der Waals surface area contributed by atoms with Crippen molar-refractivity contribution >= 4 is 34.7 Å². The number of hydrogen-bond acceptors (Lipinski definition) is 4. The van der Waals surface area contributed by atoms with Crippen molar-refractivity contribution in [2.75, 3.05) is 0 Å². The van der Waals surface area contributed by atoms with E-state index in [9.17, 15) is 4.39 Å². The fourth-order valence-corrected chi connectivity index (χ4v) is 4.78. The Hall–Kier alpha value is -1.37. The lowest BCUT2D eigenvalue weighted by atomic mass is 10.1. The van der Waals surface area contributed by atoms with Gasteiger partial charge in [0.15, 0.2) is 11.0 Å². The summed E-state index contributed by atoms with van der Waals surface area (Å²) in [5, 5.41) is 11.9. The van der Waals surface area contributed by atoms with Gasteiger partial charge in [0.2, 0.25) is 0 Å². The third kappa shape index (κ3) is 3.23.